The molecule has 0 saturated heterocycles. The predicted octanol–water partition coefficient (Wildman–Crippen LogP) is 3.41. The number of nitrogens with zero attached hydrogens (tertiary/aromatic N) is 1. The van der Waals surface area contributed by atoms with Gasteiger partial charge in [-0.1, -0.05) is 39.0 Å². The number of hydrogen-bond acceptors (Lipinski definition) is 2. The van der Waals surface area contributed by atoms with Crippen LogP contribution in [-0.2, 0) is 0 Å². The van der Waals surface area contributed by atoms with E-state index in [1.54, 1.807) is 0 Å². The Bertz CT molecular complexity index is 247. The van der Waals surface area contributed by atoms with Crippen molar-refractivity contribution < 1.29 is 0 Å². The van der Waals surface area contributed by atoms with Gasteiger partial charge >= 0.3 is 0 Å². The van der Waals surface area contributed by atoms with E-state index in [4.69, 9.17) is 5.73 Å². The summed E-state index contributed by atoms with van der Waals surface area (Å²) in [5.41, 5.74) is 6.48. The summed E-state index contributed by atoms with van der Waals surface area (Å²) < 4.78 is 0. The molecule has 0 aromatic carbocycles. The summed E-state index contributed by atoms with van der Waals surface area (Å²) in [4.78, 5) is 2.64. The van der Waals surface area contributed by atoms with Crippen LogP contribution in [-0.4, -0.2) is 30.6 Å². The highest BCUT2D eigenvalue weighted by Gasteiger charge is 2.37. The van der Waals surface area contributed by atoms with Crippen LogP contribution in [0.5, 0.6) is 0 Å². The lowest BCUT2D eigenvalue weighted by molar-refractivity contribution is 0.0438. The average Bonchev–Trinajstić information content (AvgIpc) is 2.39. The van der Waals surface area contributed by atoms with Crippen LogP contribution < -0.4 is 5.73 Å². The Morgan fingerprint density at radius 2 is 1.83 bits per heavy atom. The molecule has 2 aliphatic rings. The first kappa shape index (κ1) is 14.3. The van der Waals surface area contributed by atoms with Crippen LogP contribution in [0.2, 0.25) is 0 Å². The van der Waals surface area contributed by atoms with Crippen molar-refractivity contribution in [2.45, 2.75) is 70.3 Å². The normalized spacial score (nSPS) is 35.0. The van der Waals surface area contributed by atoms with Gasteiger partial charge in [0.25, 0.3) is 0 Å². The Morgan fingerprint density at radius 3 is 2.44 bits per heavy atom. The lowest BCUT2D eigenvalue weighted by Gasteiger charge is -2.47. The van der Waals surface area contributed by atoms with E-state index in [1.165, 1.54) is 64.3 Å². The highest BCUT2D eigenvalue weighted by molar-refractivity contribution is 4.95. The maximum Gasteiger partial charge on any atom is 0.0331 e. The Hall–Kier alpha value is -0.0800. The van der Waals surface area contributed by atoms with Crippen LogP contribution >= 0.6 is 0 Å². The van der Waals surface area contributed by atoms with Crippen LogP contribution in [0.25, 0.3) is 0 Å². The summed E-state index contributed by atoms with van der Waals surface area (Å²) in [6.45, 7) is 4.53. The lowest BCUT2D eigenvalue weighted by Crippen LogP contribution is -2.55. The molecule has 2 N–H and O–H groups in total. The van der Waals surface area contributed by atoms with Gasteiger partial charge in [-0.15, -0.1) is 0 Å². The Morgan fingerprint density at radius 1 is 1.11 bits per heavy atom. The number of likely N-dealkylation sites (N-methyl/N-ethyl adjacent to an activating group) is 1. The second-order valence-corrected chi connectivity index (χ2v) is 7.01. The van der Waals surface area contributed by atoms with Crippen molar-refractivity contribution in [2.24, 2.45) is 17.6 Å². The van der Waals surface area contributed by atoms with E-state index in [0.717, 1.165) is 18.4 Å². The monoisotopic (exact) mass is 252 g/mol. The molecule has 2 nitrogen and oxygen atoms in total. The van der Waals surface area contributed by atoms with E-state index in [1.807, 2.05) is 0 Å². The first-order chi connectivity index (χ1) is 8.66. The van der Waals surface area contributed by atoms with Crippen LogP contribution in [0, 0.1) is 11.8 Å². The van der Waals surface area contributed by atoms with Crippen LogP contribution in [0.3, 0.4) is 0 Å². The minimum atomic E-state index is 0.315. The highest BCUT2D eigenvalue weighted by atomic mass is 15.2. The molecule has 0 heterocycles. The van der Waals surface area contributed by atoms with Crippen molar-refractivity contribution in [2.75, 3.05) is 20.1 Å². The Labute approximate surface area is 113 Å². The molecule has 0 aromatic rings. The van der Waals surface area contributed by atoms with E-state index in [-0.39, 0.29) is 0 Å². The molecule has 2 unspecified atom stereocenters. The van der Waals surface area contributed by atoms with Crippen LogP contribution in [0.1, 0.15) is 64.7 Å². The summed E-state index contributed by atoms with van der Waals surface area (Å²) in [5, 5.41) is 0. The molecule has 106 valence electrons. The predicted molar refractivity (Wildman–Crippen MR) is 78.6 cm³/mol. The van der Waals surface area contributed by atoms with Crippen molar-refractivity contribution in [1.29, 1.82) is 0 Å². The summed E-state index contributed by atoms with van der Waals surface area (Å²) in [6.07, 6.45) is 12.6. The Balaban J connectivity index is 1.93. The molecule has 2 heteroatoms. The summed E-state index contributed by atoms with van der Waals surface area (Å²) in [5.74, 6) is 1.79. The molecule has 2 rings (SSSR count). The molecular weight excluding hydrogens is 220 g/mol. The zero-order valence-electron chi connectivity index (χ0n) is 12.5. The average molecular weight is 252 g/mol. The van der Waals surface area contributed by atoms with Crippen molar-refractivity contribution >= 4 is 0 Å². The third kappa shape index (κ3) is 3.27. The fourth-order valence-corrected chi connectivity index (χ4v) is 4.27. The smallest absolute Gasteiger partial charge is 0.0331 e. The van der Waals surface area contributed by atoms with Crippen molar-refractivity contribution in [3.05, 3.63) is 0 Å². The number of hydrogen-bond donors (Lipinski definition) is 1. The maximum absolute atomic E-state index is 6.16. The van der Waals surface area contributed by atoms with Crippen molar-refractivity contribution in [1.82, 2.24) is 4.90 Å². The fraction of sp³-hybridized carbons (Fsp3) is 1.00. The third-order valence-corrected chi connectivity index (χ3v) is 5.51. The molecule has 2 saturated carbocycles. The molecule has 2 aliphatic carbocycles. The second-order valence-electron chi connectivity index (χ2n) is 7.01. The molecule has 0 amide bonds. The van der Waals surface area contributed by atoms with Gasteiger partial charge in [-0.3, -0.25) is 4.90 Å². The topological polar surface area (TPSA) is 29.3 Å². The summed E-state index contributed by atoms with van der Waals surface area (Å²) >= 11 is 0. The van der Waals surface area contributed by atoms with Gasteiger partial charge in [0.2, 0.25) is 0 Å². The molecule has 2 fully saturated rings. The molecule has 18 heavy (non-hydrogen) atoms. The summed E-state index contributed by atoms with van der Waals surface area (Å²) in [6, 6.07) is 0. The van der Waals surface area contributed by atoms with Crippen LogP contribution in [0.15, 0.2) is 0 Å². The standard InChI is InChI=1S/C16H32N2/c1-14-7-6-10-16(11-14,13-17)18(2)12-15-8-4-3-5-9-15/h14-15H,3-13,17H2,1-2H3. The summed E-state index contributed by atoms with van der Waals surface area (Å²) in [7, 11) is 2.33. The largest absolute Gasteiger partial charge is 0.329 e. The van der Waals surface area contributed by atoms with E-state index in [9.17, 15) is 0 Å². The van der Waals surface area contributed by atoms with Gasteiger partial charge in [-0.05, 0) is 44.6 Å². The second kappa shape index (κ2) is 6.38. The minimum Gasteiger partial charge on any atom is -0.329 e. The minimum absolute atomic E-state index is 0.315. The van der Waals surface area contributed by atoms with Gasteiger partial charge in [0.05, 0.1) is 0 Å². The van der Waals surface area contributed by atoms with Crippen molar-refractivity contribution in [3.8, 4) is 0 Å². The van der Waals surface area contributed by atoms with Gasteiger partial charge < -0.3 is 5.73 Å². The van der Waals surface area contributed by atoms with Gasteiger partial charge in [0.15, 0.2) is 0 Å². The molecule has 0 spiro atoms. The molecule has 0 radical (unpaired) electrons. The molecule has 0 aromatic heterocycles. The van der Waals surface area contributed by atoms with Gasteiger partial charge in [-0.25, -0.2) is 0 Å². The molecular formula is C16H32N2. The van der Waals surface area contributed by atoms with E-state index >= 15 is 0 Å². The number of rotatable bonds is 4. The molecule has 2 atom stereocenters. The molecule has 0 aliphatic heterocycles. The van der Waals surface area contributed by atoms with Crippen LogP contribution in [0.4, 0.5) is 0 Å². The highest BCUT2D eigenvalue weighted by Crippen LogP contribution is 2.37. The van der Waals surface area contributed by atoms with Gasteiger partial charge in [0, 0.05) is 18.6 Å². The zero-order valence-corrected chi connectivity index (χ0v) is 12.5. The van der Waals surface area contributed by atoms with Gasteiger partial charge in [0.1, 0.15) is 0 Å². The number of nitrogens with two attached hydrogens (primary N) is 1. The van der Waals surface area contributed by atoms with Gasteiger partial charge in [-0.2, -0.15) is 0 Å². The maximum atomic E-state index is 6.16. The van der Waals surface area contributed by atoms with E-state index < -0.39 is 0 Å². The first-order valence-electron chi connectivity index (χ1n) is 8.07. The quantitative estimate of drug-likeness (QED) is 0.831. The Kier molecular flexibility index (Phi) is 5.08. The SMILES string of the molecule is CC1CCCC(CN)(N(C)CC2CCCCC2)C1. The zero-order chi connectivity index (χ0) is 13.0. The van der Waals surface area contributed by atoms with Crippen molar-refractivity contribution in [3.63, 3.8) is 0 Å². The molecule has 0 bridgehead atoms. The van der Waals surface area contributed by atoms with E-state index in [2.05, 4.69) is 18.9 Å². The lowest BCUT2D eigenvalue weighted by atomic mass is 9.75. The first-order valence-corrected chi connectivity index (χ1v) is 8.07. The fourth-order valence-electron chi connectivity index (χ4n) is 4.27. The third-order valence-electron chi connectivity index (χ3n) is 5.51. The van der Waals surface area contributed by atoms with E-state index in [0.29, 0.717) is 5.54 Å².